The maximum atomic E-state index is 12.6. The highest BCUT2D eigenvalue weighted by Gasteiger charge is 2.28. The highest BCUT2D eigenvalue weighted by Crippen LogP contribution is 2.25. The number of aromatic nitrogens is 2. The molecule has 2 amide bonds. The molecule has 2 N–H and O–H groups in total. The molecule has 2 rings (SSSR count). The van der Waals surface area contributed by atoms with E-state index in [9.17, 15) is 9.90 Å². The summed E-state index contributed by atoms with van der Waals surface area (Å²) in [6.07, 6.45) is 2.40. The number of rotatable bonds is 4. The lowest BCUT2D eigenvalue weighted by Gasteiger charge is -2.35. The van der Waals surface area contributed by atoms with Crippen molar-refractivity contribution < 1.29 is 9.90 Å². The molecule has 1 aliphatic heterocycles. The van der Waals surface area contributed by atoms with Crippen LogP contribution in [0.15, 0.2) is 0 Å². The van der Waals surface area contributed by atoms with E-state index in [-0.39, 0.29) is 24.1 Å². The molecule has 1 aromatic rings. The highest BCUT2D eigenvalue weighted by atomic mass is 16.3. The van der Waals surface area contributed by atoms with Gasteiger partial charge in [-0.2, -0.15) is 5.10 Å². The van der Waals surface area contributed by atoms with Crippen molar-refractivity contribution in [3.8, 4) is 0 Å². The summed E-state index contributed by atoms with van der Waals surface area (Å²) in [5, 5.41) is 17.4. The zero-order valence-corrected chi connectivity index (χ0v) is 15.0. The molecule has 0 aliphatic carbocycles. The third kappa shape index (κ3) is 3.86. The molecule has 0 saturated carbocycles. The second-order valence-corrected chi connectivity index (χ2v) is 6.71. The minimum Gasteiger partial charge on any atom is -0.393 e. The Morgan fingerprint density at radius 2 is 2.17 bits per heavy atom. The molecular formula is C17H30N4O2. The number of urea groups is 1. The summed E-state index contributed by atoms with van der Waals surface area (Å²) in [7, 11) is 1.93. The molecule has 3 atom stereocenters. The Balaban J connectivity index is 2.08. The topological polar surface area (TPSA) is 70.4 Å². The van der Waals surface area contributed by atoms with Crippen LogP contribution in [0.1, 0.15) is 56.1 Å². The number of nitrogens with one attached hydrogen (secondary N) is 1. The van der Waals surface area contributed by atoms with Crippen LogP contribution >= 0.6 is 0 Å². The van der Waals surface area contributed by atoms with Crippen LogP contribution in [0, 0.1) is 19.8 Å². The molecule has 6 nitrogen and oxygen atoms in total. The first-order valence-corrected chi connectivity index (χ1v) is 8.58. The number of piperidine rings is 1. The van der Waals surface area contributed by atoms with Gasteiger partial charge in [0, 0.05) is 37.3 Å². The van der Waals surface area contributed by atoms with Crippen molar-refractivity contribution in [2.75, 3.05) is 13.1 Å². The number of aliphatic hydroxyl groups is 1. The maximum Gasteiger partial charge on any atom is 0.317 e. The Kier molecular flexibility index (Phi) is 5.68. The lowest BCUT2D eigenvalue weighted by atomic mass is 9.93. The van der Waals surface area contributed by atoms with E-state index in [1.807, 2.05) is 37.4 Å². The number of likely N-dealkylation sites (tertiary alicyclic amines) is 1. The molecule has 1 aliphatic rings. The predicted molar refractivity (Wildman–Crippen MR) is 90.2 cm³/mol. The van der Waals surface area contributed by atoms with Crippen molar-refractivity contribution in [2.24, 2.45) is 13.0 Å². The van der Waals surface area contributed by atoms with Crippen LogP contribution in [0.3, 0.4) is 0 Å². The third-order valence-corrected chi connectivity index (χ3v) is 5.05. The number of nitrogens with zero attached hydrogens (tertiary/aromatic N) is 3. The van der Waals surface area contributed by atoms with E-state index in [0.29, 0.717) is 6.54 Å². The molecule has 0 aromatic carbocycles. The van der Waals surface area contributed by atoms with E-state index < -0.39 is 0 Å². The number of amides is 2. The van der Waals surface area contributed by atoms with Gasteiger partial charge in [0.05, 0.1) is 17.8 Å². The molecule has 1 aromatic heterocycles. The Labute approximate surface area is 138 Å². The Morgan fingerprint density at radius 1 is 1.48 bits per heavy atom. The van der Waals surface area contributed by atoms with Crippen LogP contribution < -0.4 is 5.32 Å². The summed E-state index contributed by atoms with van der Waals surface area (Å²) < 4.78 is 1.86. The van der Waals surface area contributed by atoms with E-state index in [1.54, 1.807) is 0 Å². The fourth-order valence-electron chi connectivity index (χ4n) is 3.50. The first-order valence-electron chi connectivity index (χ1n) is 8.58. The van der Waals surface area contributed by atoms with Crippen LogP contribution in [0.25, 0.3) is 0 Å². The van der Waals surface area contributed by atoms with Crippen LogP contribution in [-0.4, -0.2) is 45.0 Å². The van der Waals surface area contributed by atoms with Crippen molar-refractivity contribution in [3.63, 3.8) is 0 Å². The van der Waals surface area contributed by atoms with Gasteiger partial charge in [0.2, 0.25) is 0 Å². The second kappa shape index (κ2) is 7.34. The molecule has 0 spiro atoms. The molecule has 2 heterocycles. The maximum absolute atomic E-state index is 12.6. The molecule has 23 heavy (non-hydrogen) atoms. The molecule has 1 fully saturated rings. The van der Waals surface area contributed by atoms with Crippen molar-refractivity contribution in [1.82, 2.24) is 20.0 Å². The number of aryl methyl sites for hydroxylation is 2. The Bertz CT molecular complexity index is 553. The van der Waals surface area contributed by atoms with Crippen molar-refractivity contribution in [2.45, 2.75) is 59.1 Å². The van der Waals surface area contributed by atoms with Crippen molar-refractivity contribution in [1.29, 1.82) is 0 Å². The van der Waals surface area contributed by atoms with Crippen LogP contribution in [-0.2, 0) is 7.05 Å². The van der Waals surface area contributed by atoms with Crippen LogP contribution in [0.5, 0.6) is 0 Å². The third-order valence-electron chi connectivity index (χ3n) is 5.05. The fourth-order valence-corrected chi connectivity index (χ4v) is 3.50. The van der Waals surface area contributed by atoms with Crippen LogP contribution in [0.4, 0.5) is 4.79 Å². The van der Waals surface area contributed by atoms with E-state index >= 15 is 0 Å². The van der Waals surface area contributed by atoms with E-state index in [0.717, 1.165) is 42.8 Å². The molecule has 0 bridgehead atoms. The number of carbonyl (C=O) groups is 1. The molecule has 1 saturated heterocycles. The average molecular weight is 322 g/mol. The summed E-state index contributed by atoms with van der Waals surface area (Å²) in [5.41, 5.74) is 3.18. The van der Waals surface area contributed by atoms with Gasteiger partial charge < -0.3 is 15.3 Å². The second-order valence-electron chi connectivity index (χ2n) is 6.71. The van der Waals surface area contributed by atoms with E-state index in [1.165, 1.54) is 0 Å². The van der Waals surface area contributed by atoms with Crippen LogP contribution in [0.2, 0.25) is 0 Å². The van der Waals surface area contributed by atoms with Gasteiger partial charge in [0.15, 0.2) is 0 Å². The number of carbonyl (C=O) groups excluding carboxylic acids is 1. The van der Waals surface area contributed by atoms with Gasteiger partial charge in [-0.05, 0) is 40.0 Å². The zero-order chi connectivity index (χ0) is 17.1. The normalized spacial score (nSPS) is 21.1. The SMILES string of the molecule is CCC(NC(=O)N1CCCC(C(C)O)C1)c1c(C)nn(C)c1C. The monoisotopic (exact) mass is 322 g/mol. The first kappa shape index (κ1) is 17.8. The van der Waals surface area contributed by atoms with Gasteiger partial charge in [0.1, 0.15) is 0 Å². The lowest BCUT2D eigenvalue weighted by molar-refractivity contribution is 0.0732. The number of aliphatic hydroxyl groups excluding tert-OH is 1. The lowest BCUT2D eigenvalue weighted by Crippen LogP contribution is -2.48. The Morgan fingerprint density at radius 3 is 2.70 bits per heavy atom. The van der Waals surface area contributed by atoms with E-state index in [4.69, 9.17) is 0 Å². The number of hydrogen-bond donors (Lipinski definition) is 2. The summed E-state index contributed by atoms with van der Waals surface area (Å²) in [6.45, 7) is 9.30. The highest BCUT2D eigenvalue weighted by molar-refractivity contribution is 5.75. The summed E-state index contributed by atoms with van der Waals surface area (Å²) in [6, 6.07) is -0.0621. The van der Waals surface area contributed by atoms with Gasteiger partial charge in [-0.15, -0.1) is 0 Å². The Hall–Kier alpha value is -1.56. The van der Waals surface area contributed by atoms with Gasteiger partial charge in [-0.1, -0.05) is 6.92 Å². The standard InChI is InChI=1S/C17H30N4O2/c1-6-15(16-11(2)19-20(5)12(16)3)18-17(23)21-9-7-8-14(10-21)13(4)22/h13-15,22H,6-10H2,1-5H3,(H,18,23). The van der Waals surface area contributed by atoms with Gasteiger partial charge in [-0.25, -0.2) is 4.79 Å². The summed E-state index contributed by atoms with van der Waals surface area (Å²) >= 11 is 0. The van der Waals surface area contributed by atoms with Gasteiger partial charge in [0.25, 0.3) is 0 Å². The quantitative estimate of drug-likeness (QED) is 0.893. The van der Waals surface area contributed by atoms with Gasteiger partial charge in [-0.3, -0.25) is 4.68 Å². The molecule has 0 radical (unpaired) electrons. The largest absolute Gasteiger partial charge is 0.393 e. The summed E-state index contributed by atoms with van der Waals surface area (Å²) in [5.74, 6) is 0.177. The minimum atomic E-state index is -0.365. The minimum absolute atomic E-state index is 0.0249. The molecule has 6 heteroatoms. The smallest absolute Gasteiger partial charge is 0.317 e. The summed E-state index contributed by atoms with van der Waals surface area (Å²) in [4.78, 5) is 14.5. The van der Waals surface area contributed by atoms with Crippen molar-refractivity contribution in [3.05, 3.63) is 17.0 Å². The molecular weight excluding hydrogens is 292 g/mol. The van der Waals surface area contributed by atoms with Gasteiger partial charge >= 0.3 is 6.03 Å². The predicted octanol–water partition coefficient (Wildman–Crippen LogP) is 2.29. The number of hydrogen-bond acceptors (Lipinski definition) is 3. The molecule has 3 unspecified atom stereocenters. The zero-order valence-electron chi connectivity index (χ0n) is 15.0. The fraction of sp³-hybridized carbons (Fsp3) is 0.765. The molecule has 130 valence electrons. The average Bonchev–Trinajstić information content (AvgIpc) is 2.78. The van der Waals surface area contributed by atoms with E-state index in [2.05, 4.69) is 17.3 Å². The van der Waals surface area contributed by atoms with Crippen molar-refractivity contribution >= 4 is 6.03 Å². The first-order chi connectivity index (χ1) is 10.8.